The summed E-state index contributed by atoms with van der Waals surface area (Å²) in [5.41, 5.74) is 1.86. The molecule has 0 aromatic carbocycles. The fourth-order valence-electron chi connectivity index (χ4n) is 2.68. The lowest BCUT2D eigenvalue weighted by Crippen LogP contribution is -2.41. The summed E-state index contributed by atoms with van der Waals surface area (Å²) < 4.78 is 0. The van der Waals surface area contributed by atoms with Crippen LogP contribution >= 0.6 is 11.3 Å². The summed E-state index contributed by atoms with van der Waals surface area (Å²) in [5, 5.41) is 8.19. The fourth-order valence-corrected chi connectivity index (χ4v) is 3.34. The van der Waals surface area contributed by atoms with Gasteiger partial charge in [-0.05, 0) is 53.5 Å². The predicted octanol–water partition coefficient (Wildman–Crippen LogP) is 3.49. The van der Waals surface area contributed by atoms with Gasteiger partial charge < -0.3 is 5.32 Å². The molecule has 2 nitrogen and oxygen atoms in total. The minimum Gasteiger partial charge on any atom is -0.313 e. The molecule has 2 aliphatic rings. The average molecular weight is 278 g/mol. The SMILES string of the molecule is CC(C)(CNC1CC1)CN(Cc1ccsc1)C1CC1. The maximum atomic E-state index is 3.70. The van der Waals surface area contributed by atoms with Crippen LogP contribution in [0, 0.1) is 5.41 Å². The molecule has 2 saturated carbocycles. The smallest absolute Gasteiger partial charge is 0.0245 e. The van der Waals surface area contributed by atoms with Gasteiger partial charge in [0, 0.05) is 31.7 Å². The molecule has 0 atom stereocenters. The monoisotopic (exact) mass is 278 g/mol. The number of thiophene rings is 1. The second-order valence-electron chi connectivity index (χ2n) is 7.09. The van der Waals surface area contributed by atoms with Crippen molar-refractivity contribution in [2.24, 2.45) is 5.41 Å². The molecule has 3 heteroatoms. The minimum absolute atomic E-state index is 0.376. The first-order chi connectivity index (χ1) is 9.12. The molecule has 0 aliphatic heterocycles. The molecular formula is C16H26N2S. The Bertz CT molecular complexity index is 391. The van der Waals surface area contributed by atoms with Gasteiger partial charge in [0.15, 0.2) is 0 Å². The maximum Gasteiger partial charge on any atom is 0.0245 e. The Kier molecular flexibility index (Phi) is 3.97. The zero-order valence-electron chi connectivity index (χ0n) is 12.2. The molecule has 19 heavy (non-hydrogen) atoms. The largest absolute Gasteiger partial charge is 0.313 e. The molecule has 1 heterocycles. The Labute approximate surface area is 121 Å². The van der Waals surface area contributed by atoms with E-state index in [1.165, 1.54) is 37.8 Å². The van der Waals surface area contributed by atoms with Gasteiger partial charge in [-0.1, -0.05) is 13.8 Å². The average Bonchev–Trinajstić information content (AvgIpc) is 3.27. The Balaban J connectivity index is 1.53. The van der Waals surface area contributed by atoms with Crippen molar-refractivity contribution >= 4 is 11.3 Å². The van der Waals surface area contributed by atoms with Crippen LogP contribution in [0.4, 0.5) is 0 Å². The summed E-state index contributed by atoms with van der Waals surface area (Å²) >= 11 is 1.82. The van der Waals surface area contributed by atoms with Crippen LogP contribution in [0.15, 0.2) is 16.8 Å². The second-order valence-corrected chi connectivity index (χ2v) is 7.87. The van der Waals surface area contributed by atoms with Crippen LogP contribution in [0.3, 0.4) is 0 Å². The molecule has 1 N–H and O–H groups in total. The van der Waals surface area contributed by atoms with Crippen molar-refractivity contribution in [2.75, 3.05) is 13.1 Å². The normalized spacial score (nSPS) is 20.2. The zero-order valence-corrected chi connectivity index (χ0v) is 13.0. The van der Waals surface area contributed by atoms with Crippen LogP contribution in [0.25, 0.3) is 0 Å². The molecule has 0 radical (unpaired) electrons. The van der Waals surface area contributed by atoms with Crippen molar-refractivity contribution in [1.82, 2.24) is 10.2 Å². The van der Waals surface area contributed by atoms with Gasteiger partial charge in [0.1, 0.15) is 0 Å². The van der Waals surface area contributed by atoms with Crippen molar-refractivity contribution in [1.29, 1.82) is 0 Å². The fraction of sp³-hybridized carbons (Fsp3) is 0.750. The van der Waals surface area contributed by atoms with E-state index in [2.05, 4.69) is 40.9 Å². The topological polar surface area (TPSA) is 15.3 Å². The van der Waals surface area contributed by atoms with Gasteiger partial charge in [-0.25, -0.2) is 0 Å². The highest BCUT2D eigenvalue weighted by Gasteiger charge is 2.33. The molecule has 0 saturated heterocycles. The van der Waals surface area contributed by atoms with E-state index in [1.54, 1.807) is 0 Å². The molecule has 2 aliphatic carbocycles. The third-order valence-corrected chi connectivity index (χ3v) is 4.84. The number of nitrogens with one attached hydrogen (secondary N) is 1. The molecular weight excluding hydrogens is 252 g/mol. The molecule has 0 unspecified atom stereocenters. The highest BCUT2D eigenvalue weighted by molar-refractivity contribution is 7.07. The number of rotatable bonds is 8. The zero-order chi connectivity index (χ0) is 13.3. The van der Waals surface area contributed by atoms with Crippen LogP contribution < -0.4 is 5.32 Å². The summed E-state index contributed by atoms with van der Waals surface area (Å²) in [6, 6.07) is 3.95. The lowest BCUT2D eigenvalue weighted by atomic mass is 9.92. The van der Waals surface area contributed by atoms with Crippen LogP contribution in [0.2, 0.25) is 0 Å². The van der Waals surface area contributed by atoms with E-state index in [0.717, 1.165) is 25.2 Å². The lowest BCUT2D eigenvalue weighted by molar-refractivity contribution is 0.159. The van der Waals surface area contributed by atoms with Crippen molar-refractivity contribution in [3.63, 3.8) is 0 Å². The van der Waals surface area contributed by atoms with Crippen molar-refractivity contribution < 1.29 is 0 Å². The molecule has 3 rings (SSSR count). The minimum atomic E-state index is 0.376. The van der Waals surface area contributed by atoms with Gasteiger partial charge in [-0.2, -0.15) is 11.3 Å². The third kappa shape index (κ3) is 4.30. The number of nitrogens with zero attached hydrogens (tertiary/aromatic N) is 1. The Morgan fingerprint density at radius 2 is 2.11 bits per heavy atom. The second kappa shape index (κ2) is 5.55. The number of hydrogen-bond acceptors (Lipinski definition) is 3. The molecule has 0 bridgehead atoms. The summed E-state index contributed by atoms with van der Waals surface area (Å²) in [6.07, 6.45) is 5.57. The van der Waals surface area contributed by atoms with E-state index in [-0.39, 0.29) is 0 Å². The van der Waals surface area contributed by atoms with E-state index < -0.39 is 0 Å². The molecule has 106 valence electrons. The highest BCUT2D eigenvalue weighted by atomic mass is 32.1. The number of hydrogen-bond donors (Lipinski definition) is 1. The van der Waals surface area contributed by atoms with Crippen LogP contribution in [-0.2, 0) is 6.54 Å². The molecule has 1 aromatic heterocycles. The van der Waals surface area contributed by atoms with Gasteiger partial charge in [0.2, 0.25) is 0 Å². The van der Waals surface area contributed by atoms with Crippen molar-refractivity contribution in [2.45, 2.75) is 58.2 Å². The highest BCUT2D eigenvalue weighted by Crippen LogP contribution is 2.32. The Morgan fingerprint density at radius 1 is 1.32 bits per heavy atom. The standard InChI is InChI=1S/C16H26N2S/c1-16(2,11-17-14-3-4-14)12-18(15-5-6-15)9-13-7-8-19-10-13/h7-8,10,14-15,17H,3-6,9,11-12H2,1-2H3. The summed E-state index contributed by atoms with van der Waals surface area (Å²) in [5.74, 6) is 0. The first kappa shape index (κ1) is 13.6. The van der Waals surface area contributed by atoms with Crippen molar-refractivity contribution in [3.05, 3.63) is 22.4 Å². The van der Waals surface area contributed by atoms with Gasteiger partial charge in [-0.15, -0.1) is 0 Å². The van der Waals surface area contributed by atoms with E-state index in [0.29, 0.717) is 5.41 Å². The molecule has 0 amide bonds. The Hall–Kier alpha value is -0.380. The first-order valence-corrected chi connectivity index (χ1v) is 8.55. The quantitative estimate of drug-likeness (QED) is 0.783. The predicted molar refractivity (Wildman–Crippen MR) is 82.6 cm³/mol. The van der Waals surface area contributed by atoms with Crippen LogP contribution in [-0.4, -0.2) is 30.1 Å². The van der Waals surface area contributed by atoms with Gasteiger partial charge in [-0.3, -0.25) is 4.90 Å². The lowest BCUT2D eigenvalue weighted by Gasteiger charge is -2.33. The van der Waals surface area contributed by atoms with Crippen molar-refractivity contribution in [3.8, 4) is 0 Å². The summed E-state index contributed by atoms with van der Waals surface area (Å²) in [7, 11) is 0. The molecule has 1 aromatic rings. The van der Waals surface area contributed by atoms with E-state index in [4.69, 9.17) is 0 Å². The molecule has 2 fully saturated rings. The van der Waals surface area contributed by atoms with Gasteiger partial charge in [0.05, 0.1) is 0 Å². The van der Waals surface area contributed by atoms with E-state index >= 15 is 0 Å². The van der Waals surface area contributed by atoms with E-state index in [9.17, 15) is 0 Å². The first-order valence-electron chi connectivity index (χ1n) is 7.61. The Morgan fingerprint density at radius 3 is 2.68 bits per heavy atom. The summed E-state index contributed by atoms with van der Waals surface area (Å²) in [6.45, 7) is 8.33. The third-order valence-electron chi connectivity index (χ3n) is 4.11. The maximum absolute atomic E-state index is 3.70. The van der Waals surface area contributed by atoms with Crippen LogP contribution in [0.1, 0.15) is 45.1 Å². The van der Waals surface area contributed by atoms with Gasteiger partial charge >= 0.3 is 0 Å². The van der Waals surface area contributed by atoms with E-state index in [1.807, 2.05) is 11.3 Å². The molecule has 0 spiro atoms. The van der Waals surface area contributed by atoms with Gasteiger partial charge in [0.25, 0.3) is 0 Å². The summed E-state index contributed by atoms with van der Waals surface area (Å²) in [4.78, 5) is 2.70. The van der Waals surface area contributed by atoms with Crippen LogP contribution in [0.5, 0.6) is 0 Å².